The van der Waals surface area contributed by atoms with E-state index in [-0.39, 0.29) is 24.3 Å². The van der Waals surface area contributed by atoms with Gasteiger partial charge in [0.2, 0.25) is 5.91 Å². The van der Waals surface area contributed by atoms with E-state index in [1.54, 1.807) is 42.5 Å². The number of aromatic nitrogens is 1. The van der Waals surface area contributed by atoms with Crippen LogP contribution in [0, 0.1) is 11.8 Å². The maximum Gasteiger partial charge on any atom is 0.420 e. The molecular weight excluding hydrogens is 358 g/mol. The largest absolute Gasteiger partial charge is 0.420 e. The van der Waals surface area contributed by atoms with Crippen molar-refractivity contribution < 1.29 is 14.0 Å². The highest BCUT2D eigenvalue weighted by Gasteiger charge is 2.28. The van der Waals surface area contributed by atoms with Crippen molar-refractivity contribution in [2.45, 2.75) is 20.4 Å². The highest BCUT2D eigenvalue weighted by Crippen LogP contribution is 2.31. The third kappa shape index (κ3) is 3.26. The van der Waals surface area contributed by atoms with Gasteiger partial charge >= 0.3 is 5.76 Å². The summed E-state index contributed by atoms with van der Waals surface area (Å²) < 4.78 is 6.39. The molecule has 2 heterocycles. The smallest absolute Gasteiger partial charge is 0.408 e. The van der Waals surface area contributed by atoms with E-state index in [9.17, 15) is 14.4 Å². The lowest BCUT2D eigenvalue weighted by Crippen LogP contribution is -2.34. The minimum absolute atomic E-state index is 0.0211. The SMILES string of the molecule is CC(C)C1=CC(=O)NC2=CC(=NC(=O)Cn3c(=O)oc4ccccc43)C=CC21. The maximum absolute atomic E-state index is 12.4. The van der Waals surface area contributed by atoms with Crippen molar-refractivity contribution >= 4 is 28.6 Å². The topological polar surface area (TPSA) is 93.7 Å². The molecule has 1 unspecified atom stereocenters. The molecule has 7 heteroatoms. The Bertz CT molecular complexity index is 1160. The number of oxazole rings is 1. The number of amides is 2. The lowest BCUT2D eigenvalue weighted by Gasteiger charge is -2.29. The number of hydrogen-bond donors (Lipinski definition) is 1. The van der Waals surface area contributed by atoms with Crippen molar-refractivity contribution in [1.29, 1.82) is 0 Å². The van der Waals surface area contributed by atoms with Crippen LogP contribution in [-0.4, -0.2) is 22.1 Å². The molecule has 0 saturated carbocycles. The number of rotatable bonds is 3. The van der Waals surface area contributed by atoms with Crippen LogP contribution in [-0.2, 0) is 16.1 Å². The number of nitrogens with zero attached hydrogens (tertiary/aromatic N) is 2. The zero-order valence-electron chi connectivity index (χ0n) is 15.5. The van der Waals surface area contributed by atoms with Gasteiger partial charge in [0.1, 0.15) is 6.54 Å². The summed E-state index contributed by atoms with van der Waals surface area (Å²) in [6.07, 6.45) is 7.01. The van der Waals surface area contributed by atoms with Crippen molar-refractivity contribution in [1.82, 2.24) is 9.88 Å². The van der Waals surface area contributed by atoms with Crippen molar-refractivity contribution in [3.05, 3.63) is 70.4 Å². The summed E-state index contributed by atoms with van der Waals surface area (Å²) in [5.74, 6) is -1.05. The second kappa shape index (κ2) is 6.92. The Hall–Kier alpha value is -3.48. The Labute approximate surface area is 160 Å². The van der Waals surface area contributed by atoms with Gasteiger partial charge in [-0.15, -0.1) is 0 Å². The van der Waals surface area contributed by atoms with Gasteiger partial charge in [0.05, 0.1) is 11.2 Å². The zero-order valence-corrected chi connectivity index (χ0v) is 15.5. The highest BCUT2D eigenvalue weighted by molar-refractivity contribution is 6.11. The van der Waals surface area contributed by atoms with Crippen LogP contribution in [0.5, 0.6) is 0 Å². The highest BCUT2D eigenvalue weighted by atomic mass is 16.4. The predicted molar refractivity (Wildman–Crippen MR) is 105 cm³/mol. The molecule has 0 bridgehead atoms. The quantitative estimate of drug-likeness (QED) is 0.888. The first kappa shape index (κ1) is 17.9. The molecular formula is C21H19N3O4. The molecule has 1 aliphatic heterocycles. The van der Waals surface area contributed by atoms with E-state index in [1.165, 1.54) is 4.57 Å². The molecule has 0 radical (unpaired) electrons. The van der Waals surface area contributed by atoms with Crippen LogP contribution in [0.3, 0.4) is 0 Å². The number of para-hydroxylation sites is 2. The molecule has 1 aliphatic carbocycles. The van der Waals surface area contributed by atoms with Crippen LogP contribution in [0.4, 0.5) is 0 Å². The van der Waals surface area contributed by atoms with Gasteiger partial charge in [0.25, 0.3) is 5.91 Å². The first-order valence-corrected chi connectivity index (χ1v) is 9.04. The number of hydrogen-bond acceptors (Lipinski definition) is 4. The molecule has 0 fully saturated rings. The first-order chi connectivity index (χ1) is 13.4. The third-order valence-electron chi connectivity index (χ3n) is 4.81. The summed E-state index contributed by atoms with van der Waals surface area (Å²) in [5, 5.41) is 2.82. The first-order valence-electron chi connectivity index (χ1n) is 9.04. The lowest BCUT2D eigenvalue weighted by molar-refractivity contribution is -0.118. The molecule has 2 aliphatic rings. The molecule has 1 aromatic heterocycles. The van der Waals surface area contributed by atoms with Crippen LogP contribution in [0.25, 0.3) is 11.1 Å². The van der Waals surface area contributed by atoms with E-state index in [0.717, 1.165) is 5.57 Å². The van der Waals surface area contributed by atoms with E-state index >= 15 is 0 Å². The average molecular weight is 377 g/mol. The van der Waals surface area contributed by atoms with E-state index < -0.39 is 11.7 Å². The Morgan fingerprint density at radius 1 is 1.25 bits per heavy atom. The number of carbonyl (C=O) groups is 2. The fourth-order valence-electron chi connectivity index (χ4n) is 3.49. The van der Waals surface area contributed by atoms with Gasteiger partial charge in [-0.1, -0.05) is 32.1 Å². The van der Waals surface area contributed by atoms with Gasteiger partial charge in [-0.25, -0.2) is 9.79 Å². The van der Waals surface area contributed by atoms with Gasteiger partial charge in [0.15, 0.2) is 5.58 Å². The van der Waals surface area contributed by atoms with Crippen molar-refractivity contribution in [3.63, 3.8) is 0 Å². The molecule has 1 atom stereocenters. The molecule has 2 aromatic rings. The minimum atomic E-state index is -0.599. The van der Waals surface area contributed by atoms with Crippen molar-refractivity contribution in [2.75, 3.05) is 0 Å². The van der Waals surface area contributed by atoms with E-state index in [2.05, 4.69) is 10.3 Å². The molecule has 1 aromatic carbocycles. The van der Waals surface area contributed by atoms with Gasteiger partial charge in [-0.3, -0.25) is 14.2 Å². The molecule has 142 valence electrons. The number of fused-ring (bicyclic) bond motifs is 2. The minimum Gasteiger partial charge on any atom is -0.408 e. The summed E-state index contributed by atoms with van der Waals surface area (Å²) in [7, 11) is 0. The van der Waals surface area contributed by atoms with E-state index in [4.69, 9.17) is 4.42 Å². The number of carbonyl (C=O) groups excluding carboxylic acids is 2. The molecule has 0 saturated heterocycles. The summed E-state index contributed by atoms with van der Waals surface area (Å²) >= 11 is 0. The molecule has 4 rings (SSSR count). The lowest BCUT2D eigenvalue weighted by atomic mass is 9.82. The molecule has 0 spiro atoms. The number of benzene rings is 1. The third-order valence-corrected chi connectivity index (χ3v) is 4.81. The van der Waals surface area contributed by atoms with E-state index in [0.29, 0.717) is 22.5 Å². The van der Waals surface area contributed by atoms with Gasteiger partial charge in [-0.2, -0.15) is 0 Å². The predicted octanol–water partition coefficient (Wildman–Crippen LogP) is 2.34. The molecule has 2 amide bonds. The van der Waals surface area contributed by atoms with Crippen LogP contribution >= 0.6 is 0 Å². The van der Waals surface area contributed by atoms with Gasteiger partial charge in [-0.05, 0) is 35.8 Å². The molecule has 1 N–H and O–H groups in total. The van der Waals surface area contributed by atoms with Crippen LogP contribution in [0.1, 0.15) is 13.8 Å². The zero-order chi connectivity index (χ0) is 19.8. The average Bonchev–Trinajstić information content (AvgIpc) is 2.96. The van der Waals surface area contributed by atoms with Gasteiger partial charge < -0.3 is 9.73 Å². The van der Waals surface area contributed by atoms with Crippen molar-refractivity contribution in [2.24, 2.45) is 16.8 Å². The number of aliphatic imine (C=N–C) groups is 1. The van der Waals surface area contributed by atoms with E-state index in [1.807, 2.05) is 19.9 Å². The summed E-state index contributed by atoms with van der Waals surface area (Å²) in [6.45, 7) is 3.86. The molecule has 28 heavy (non-hydrogen) atoms. The Morgan fingerprint density at radius 2 is 2.04 bits per heavy atom. The molecule has 7 nitrogen and oxygen atoms in total. The summed E-state index contributed by atoms with van der Waals surface area (Å²) in [5.41, 5.74) is 3.13. The summed E-state index contributed by atoms with van der Waals surface area (Å²) in [6, 6.07) is 6.91. The standard InChI is InChI=1S/C21H19N3O4/c1-12(2)15-10-19(25)23-16-9-13(7-8-14(15)16)22-20(26)11-24-17-5-3-4-6-18(17)28-21(24)27/h3-10,12,14H,11H2,1-2H3,(H,23,25). The monoisotopic (exact) mass is 377 g/mol. The van der Waals surface area contributed by atoms with Crippen LogP contribution in [0.2, 0.25) is 0 Å². The van der Waals surface area contributed by atoms with Gasteiger partial charge in [0, 0.05) is 17.7 Å². The second-order valence-corrected chi connectivity index (χ2v) is 7.08. The fraction of sp³-hybridized carbons (Fsp3) is 0.238. The summed E-state index contributed by atoms with van der Waals surface area (Å²) in [4.78, 5) is 40.4. The second-order valence-electron chi connectivity index (χ2n) is 7.08. The van der Waals surface area contributed by atoms with Crippen LogP contribution < -0.4 is 11.1 Å². The number of allylic oxidation sites excluding steroid dienone is 3. The maximum atomic E-state index is 12.4. The fourth-order valence-corrected chi connectivity index (χ4v) is 3.49. The van der Waals surface area contributed by atoms with Crippen LogP contribution in [0.15, 0.2) is 74.0 Å². The Kier molecular flexibility index (Phi) is 4.43. The normalized spacial score (nSPS) is 20.2. The Balaban J connectivity index is 1.59. The Morgan fingerprint density at radius 3 is 2.82 bits per heavy atom. The van der Waals surface area contributed by atoms with Crippen molar-refractivity contribution in [3.8, 4) is 0 Å². The number of nitrogens with one attached hydrogen (secondary N) is 1.